The van der Waals surface area contributed by atoms with Crippen molar-refractivity contribution in [2.75, 3.05) is 11.5 Å². The first-order valence-electron chi connectivity index (χ1n) is 6.37. The molecule has 0 saturated heterocycles. The third-order valence-corrected chi connectivity index (χ3v) is 5.32. The van der Waals surface area contributed by atoms with Crippen molar-refractivity contribution >= 4 is 15.8 Å². The zero-order valence-electron chi connectivity index (χ0n) is 11.3. The summed E-state index contributed by atoms with van der Waals surface area (Å²) in [6.07, 6.45) is 0.477. The summed E-state index contributed by atoms with van der Waals surface area (Å²) in [4.78, 5) is 11.7. The molecule has 1 aromatic rings. The number of hydrogen-bond acceptors (Lipinski definition) is 3. The van der Waals surface area contributed by atoms with E-state index in [9.17, 15) is 18.3 Å². The zero-order valence-corrected chi connectivity index (χ0v) is 12.1. The highest BCUT2D eigenvalue weighted by Crippen LogP contribution is 2.32. The molecule has 4 nitrogen and oxygen atoms in total. The molecule has 1 unspecified atom stereocenters. The lowest BCUT2D eigenvalue weighted by Crippen LogP contribution is -2.37. The number of aliphatic carboxylic acids is 1. The predicted octanol–water partition coefficient (Wildman–Crippen LogP) is 2.24. The first-order chi connectivity index (χ1) is 8.88. The molecule has 1 aromatic carbocycles. The summed E-state index contributed by atoms with van der Waals surface area (Å²) in [6, 6.07) is 8.86. The minimum Gasteiger partial charge on any atom is -0.481 e. The van der Waals surface area contributed by atoms with Crippen molar-refractivity contribution in [1.29, 1.82) is 0 Å². The Morgan fingerprint density at radius 1 is 1.21 bits per heavy atom. The quantitative estimate of drug-likeness (QED) is 0.833. The molecular weight excluding hydrogens is 264 g/mol. The molecule has 19 heavy (non-hydrogen) atoms. The fourth-order valence-electron chi connectivity index (χ4n) is 2.14. The summed E-state index contributed by atoms with van der Waals surface area (Å²) >= 11 is 0. The number of sulfone groups is 1. The monoisotopic (exact) mass is 284 g/mol. The van der Waals surface area contributed by atoms with Crippen molar-refractivity contribution in [2.45, 2.75) is 32.1 Å². The molecule has 0 aliphatic carbocycles. The maximum atomic E-state index is 11.7. The van der Waals surface area contributed by atoms with E-state index in [-0.39, 0.29) is 17.9 Å². The third-order valence-electron chi connectivity index (χ3n) is 3.62. The number of carbonyl (C=O) groups is 1. The van der Waals surface area contributed by atoms with Gasteiger partial charge in [0.05, 0.1) is 11.2 Å². The fourth-order valence-corrected chi connectivity index (χ4v) is 3.09. The molecule has 1 rings (SSSR count). The Labute approximate surface area is 114 Å². The molecule has 0 aliphatic heterocycles. The van der Waals surface area contributed by atoms with E-state index in [1.165, 1.54) is 0 Å². The van der Waals surface area contributed by atoms with E-state index in [0.717, 1.165) is 0 Å². The van der Waals surface area contributed by atoms with Crippen molar-refractivity contribution in [1.82, 2.24) is 0 Å². The van der Waals surface area contributed by atoms with Crippen LogP contribution in [0.4, 0.5) is 0 Å². The van der Waals surface area contributed by atoms with Gasteiger partial charge < -0.3 is 5.11 Å². The van der Waals surface area contributed by atoms with Crippen LogP contribution in [-0.2, 0) is 20.0 Å². The van der Waals surface area contributed by atoms with Crippen molar-refractivity contribution in [3.63, 3.8) is 0 Å². The second-order valence-electron chi connectivity index (χ2n) is 4.59. The summed E-state index contributed by atoms with van der Waals surface area (Å²) in [6.45, 7) is 3.35. The summed E-state index contributed by atoms with van der Waals surface area (Å²) in [5.41, 5.74) is -0.458. The van der Waals surface area contributed by atoms with Crippen LogP contribution in [0.5, 0.6) is 0 Å². The fraction of sp³-hybridized carbons (Fsp3) is 0.500. The average Bonchev–Trinajstić information content (AvgIpc) is 2.41. The second kappa shape index (κ2) is 6.19. The van der Waals surface area contributed by atoms with Crippen LogP contribution in [0.2, 0.25) is 0 Å². The molecule has 1 atom stereocenters. The van der Waals surface area contributed by atoms with Crippen LogP contribution in [0, 0.1) is 0 Å². The minimum absolute atomic E-state index is 0.0429. The molecule has 0 fully saturated rings. The molecule has 1 N–H and O–H groups in total. The molecule has 0 aromatic heterocycles. The van der Waals surface area contributed by atoms with Crippen molar-refractivity contribution in [3.05, 3.63) is 35.9 Å². The maximum Gasteiger partial charge on any atom is 0.314 e. The number of rotatable bonds is 7. The minimum atomic E-state index is -3.17. The highest BCUT2D eigenvalue weighted by molar-refractivity contribution is 7.91. The van der Waals surface area contributed by atoms with E-state index < -0.39 is 21.2 Å². The van der Waals surface area contributed by atoms with Crippen LogP contribution in [-0.4, -0.2) is 31.0 Å². The summed E-state index contributed by atoms with van der Waals surface area (Å²) in [5, 5.41) is 9.55. The molecule has 0 amide bonds. The SMILES string of the molecule is CCC(CCS(=O)(=O)CC)(C(=O)O)c1ccccc1. The van der Waals surface area contributed by atoms with E-state index in [2.05, 4.69) is 0 Å². The van der Waals surface area contributed by atoms with Crippen molar-refractivity contribution in [3.8, 4) is 0 Å². The first-order valence-corrected chi connectivity index (χ1v) is 8.19. The highest BCUT2D eigenvalue weighted by atomic mass is 32.2. The van der Waals surface area contributed by atoms with Crippen LogP contribution in [0.25, 0.3) is 0 Å². The van der Waals surface area contributed by atoms with Gasteiger partial charge in [-0.15, -0.1) is 0 Å². The maximum absolute atomic E-state index is 11.7. The van der Waals surface area contributed by atoms with Gasteiger partial charge in [0.1, 0.15) is 9.84 Å². The van der Waals surface area contributed by atoms with Crippen LogP contribution in [0.1, 0.15) is 32.3 Å². The van der Waals surface area contributed by atoms with Crippen molar-refractivity contribution in [2.24, 2.45) is 0 Å². The highest BCUT2D eigenvalue weighted by Gasteiger charge is 2.39. The summed E-state index contributed by atoms with van der Waals surface area (Å²) in [7, 11) is -3.17. The Morgan fingerprint density at radius 3 is 2.21 bits per heavy atom. The summed E-state index contributed by atoms with van der Waals surface area (Å²) < 4.78 is 23.2. The van der Waals surface area contributed by atoms with Crippen LogP contribution in [0.15, 0.2) is 30.3 Å². The molecule has 106 valence electrons. The van der Waals surface area contributed by atoms with E-state index >= 15 is 0 Å². The summed E-state index contributed by atoms with van der Waals surface area (Å²) in [5.74, 6) is -1.02. The van der Waals surface area contributed by atoms with Gasteiger partial charge >= 0.3 is 5.97 Å². The molecule has 5 heteroatoms. The molecule has 0 spiro atoms. The average molecular weight is 284 g/mol. The Kier molecular flexibility index (Phi) is 5.11. The number of carboxylic acids is 1. The number of hydrogen-bond donors (Lipinski definition) is 1. The van der Waals surface area contributed by atoms with Gasteiger partial charge in [0.15, 0.2) is 0 Å². The van der Waals surface area contributed by atoms with Crippen LogP contribution >= 0.6 is 0 Å². The molecule has 0 saturated carbocycles. The van der Waals surface area contributed by atoms with Gasteiger partial charge in [-0.1, -0.05) is 44.2 Å². The van der Waals surface area contributed by atoms with Crippen LogP contribution in [0.3, 0.4) is 0 Å². The van der Waals surface area contributed by atoms with E-state index in [4.69, 9.17) is 0 Å². The lowest BCUT2D eigenvalue weighted by atomic mass is 9.76. The largest absolute Gasteiger partial charge is 0.481 e. The smallest absolute Gasteiger partial charge is 0.314 e. The number of benzene rings is 1. The number of carboxylic acid groups (broad SMARTS) is 1. The van der Waals surface area contributed by atoms with E-state index in [1.807, 2.05) is 6.07 Å². The first kappa shape index (κ1) is 15.7. The zero-order chi connectivity index (χ0) is 14.5. The Bertz CT molecular complexity index is 522. The Balaban J connectivity index is 3.12. The van der Waals surface area contributed by atoms with Gasteiger partial charge in [0.25, 0.3) is 0 Å². The van der Waals surface area contributed by atoms with Gasteiger partial charge in [-0.05, 0) is 18.4 Å². The van der Waals surface area contributed by atoms with Gasteiger partial charge in [-0.3, -0.25) is 4.79 Å². The molecule has 0 aliphatic rings. The van der Waals surface area contributed by atoms with Gasteiger partial charge in [-0.25, -0.2) is 8.42 Å². The Morgan fingerprint density at radius 2 is 1.79 bits per heavy atom. The lowest BCUT2D eigenvalue weighted by Gasteiger charge is -2.28. The van der Waals surface area contributed by atoms with Crippen LogP contribution < -0.4 is 0 Å². The molecular formula is C14H20O4S. The topological polar surface area (TPSA) is 71.4 Å². The van der Waals surface area contributed by atoms with Crippen molar-refractivity contribution < 1.29 is 18.3 Å². The molecule has 0 radical (unpaired) electrons. The standard InChI is InChI=1S/C14H20O4S/c1-3-14(13(15)16,10-11-19(17,18)4-2)12-8-6-5-7-9-12/h5-9H,3-4,10-11H2,1-2H3,(H,15,16). The van der Waals surface area contributed by atoms with Gasteiger partial charge in [0, 0.05) is 5.75 Å². The molecule has 0 heterocycles. The van der Waals surface area contributed by atoms with Gasteiger partial charge in [-0.2, -0.15) is 0 Å². The normalized spacial score (nSPS) is 14.8. The van der Waals surface area contributed by atoms with E-state index in [1.54, 1.807) is 38.1 Å². The predicted molar refractivity (Wildman–Crippen MR) is 75.0 cm³/mol. The lowest BCUT2D eigenvalue weighted by molar-refractivity contribution is -0.144. The Hall–Kier alpha value is -1.36. The van der Waals surface area contributed by atoms with Gasteiger partial charge in [0.2, 0.25) is 0 Å². The van der Waals surface area contributed by atoms with E-state index in [0.29, 0.717) is 12.0 Å². The second-order valence-corrected chi connectivity index (χ2v) is 7.07. The third kappa shape index (κ3) is 3.56. The molecule has 0 bridgehead atoms.